The minimum atomic E-state index is -0.557. The van der Waals surface area contributed by atoms with Gasteiger partial charge < -0.3 is 9.26 Å². The van der Waals surface area contributed by atoms with Crippen molar-refractivity contribution in [3.05, 3.63) is 41.8 Å². The first-order valence-electron chi connectivity index (χ1n) is 6.18. The van der Waals surface area contributed by atoms with Crippen LogP contribution in [0.1, 0.15) is 16.2 Å². The Morgan fingerprint density at radius 1 is 1.43 bits per heavy atom. The smallest absolute Gasteiger partial charge is 0.287 e. The van der Waals surface area contributed by atoms with Crippen molar-refractivity contribution in [2.75, 3.05) is 11.5 Å². The molecule has 2 aromatic rings. The van der Waals surface area contributed by atoms with Crippen molar-refractivity contribution in [2.45, 2.75) is 6.54 Å². The summed E-state index contributed by atoms with van der Waals surface area (Å²) in [6, 6.07) is 8.62. The Morgan fingerprint density at radius 2 is 2.24 bits per heavy atom. The molecule has 2 amide bonds. The molecule has 1 aromatic heterocycles. The molecule has 108 valence electrons. The molecular weight excluding hydrogens is 276 g/mol. The highest BCUT2D eigenvalue weighted by molar-refractivity contribution is 5.97. The van der Waals surface area contributed by atoms with Gasteiger partial charge in [-0.3, -0.25) is 19.9 Å². The number of hydrogen-bond donors (Lipinski definition) is 2. The first-order chi connectivity index (χ1) is 10.2. The van der Waals surface area contributed by atoms with Gasteiger partial charge in [-0.15, -0.1) is 0 Å². The van der Waals surface area contributed by atoms with E-state index < -0.39 is 5.91 Å². The molecule has 2 heterocycles. The molecule has 8 nitrogen and oxygen atoms in total. The van der Waals surface area contributed by atoms with Crippen LogP contribution in [0.3, 0.4) is 0 Å². The highest BCUT2D eigenvalue weighted by Gasteiger charge is 2.26. The zero-order chi connectivity index (χ0) is 14.8. The van der Waals surface area contributed by atoms with E-state index in [1.807, 2.05) is 17.6 Å². The van der Waals surface area contributed by atoms with Crippen LogP contribution in [0.25, 0.3) is 0 Å². The number of rotatable bonds is 3. The van der Waals surface area contributed by atoms with Gasteiger partial charge in [-0.1, -0.05) is 17.3 Å². The highest BCUT2D eigenvalue weighted by Crippen LogP contribution is 2.32. The van der Waals surface area contributed by atoms with Crippen molar-refractivity contribution in [2.24, 2.45) is 5.84 Å². The molecule has 0 radical (unpaired) electrons. The Labute approximate surface area is 119 Å². The molecule has 0 fully saturated rings. The molecule has 0 bridgehead atoms. The number of anilines is 1. The summed E-state index contributed by atoms with van der Waals surface area (Å²) in [5, 5.41) is 3.60. The third-order valence-electron chi connectivity index (χ3n) is 3.04. The van der Waals surface area contributed by atoms with Crippen molar-refractivity contribution < 1.29 is 18.8 Å². The van der Waals surface area contributed by atoms with Gasteiger partial charge >= 0.3 is 0 Å². The number of nitrogens with two attached hydrogens (primary N) is 1. The molecule has 1 aromatic carbocycles. The molecular formula is C13H12N4O4. The van der Waals surface area contributed by atoms with Gasteiger partial charge in [0.25, 0.3) is 11.8 Å². The zero-order valence-electron chi connectivity index (χ0n) is 10.9. The number of nitrogen functional groups attached to an aromatic ring is 1. The molecule has 1 aliphatic rings. The molecule has 3 N–H and O–H groups in total. The molecule has 0 unspecified atom stereocenters. The van der Waals surface area contributed by atoms with Crippen LogP contribution >= 0.6 is 0 Å². The summed E-state index contributed by atoms with van der Waals surface area (Å²) in [6.45, 7) is 0.116. The van der Waals surface area contributed by atoms with Crippen LogP contribution in [0.2, 0.25) is 0 Å². The number of fused-ring (bicyclic) bond motifs is 1. The van der Waals surface area contributed by atoms with Gasteiger partial charge in [0.05, 0.1) is 12.2 Å². The zero-order valence-corrected chi connectivity index (χ0v) is 10.9. The average molecular weight is 288 g/mol. The minimum Gasteiger partial charge on any atom is -0.482 e. The SMILES string of the molecule is NNC(=O)c1cc(CN2C(=O)COc3ccccc32)on1. The van der Waals surface area contributed by atoms with Gasteiger partial charge in [-0.25, -0.2) is 5.84 Å². The molecule has 8 heteroatoms. The number of carbonyl (C=O) groups excluding carboxylic acids is 2. The largest absolute Gasteiger partial charge is 0.482 e. The predicted molar refractivity (Wildman–Crippen MR) is 71.3 cm³/mol. The van der Waals surface area contributed by atoms with Crippen LogP contribution < -0.4 is 20.9 Å². The number of hydrazine groups is 1. The number of hydrogen-bond acceptors (Lipinski definition) is 6. The van der Waals surface area contributed by atoms with E-state index in [0.29, 0.717) is 17.2 Å². The first-order valence-corrected chi connectivity index (χ1v) is 6.18. The summed E-state index contributed by atoms with van der Waals surface area (Å²) in [7, 11) is 0. The van der Waals surface area contributed by atoms with Crippen molar-refractivity contribution in [3.63, 3.8) is 0 Å². The van der Waals surface area contributed by atoms with Gasteiger partial charge in [-0.05, 0) is 12.1 Å². The number of carbonyl (C=O) groups is 2. The number of aromatic nitrogens is 1. The molecule has 0 spiro atoms. The summed E-state index contributed by atoms with van der Waals surface area (Å²) in [6.07, 6.45) is 0. The summed E-state index contributed by atoms with van der Waals surface area (Å²) >= 11 is 0. The van der Waals surface area contributed by atoms with E-state index in [9.17, 15) is 9.59 Å². The summed E-state index contributed by atoms with van der Waals surface area (Å²) in [5.41, 5.74) is 2.67. The highest BCUT2D eigenvalue weighted by atomic mass is 16.5. The monoisotopic (exact) mass is 288 g/mol. The fraction of sp³-hybridized carbons (Fsp3) is 0.154. The van der Waals surface area contributed by atoms with Gasteiger partial charge in [0, 0.05) is 6.07 Å². The molecule has 21 heavy (non-hydrogen) atoms. The van der Waals surface area contributed by atoms with Crippen LogP contribution in [0.4, 0.5) is 5.69 Å². The summed E-state index contributed by atoms with van der Waals surface area (Å²) in [4.78, 5) is 24.8. The van der Waals surface area contributed by atoms with E-state index in [2.05, 4.69) is 5.16 Å². The molecule has 1 aliphatic heterocycles. The van der Waals surface area contributed by atoms with Gasteiger partial charge in [0.1, 0.15) is 5.75 Å². The maximum absolute atomic E-state index is 12.0. The second-order valence-corrected chi connectivity index (χ2v) is 4.39. The number of para-hydroxylation sites is 2. The molecule has 0 saturated heterocycles. The van der Waals surface area contributed by atoms with Crippen LogP contribution in [0.5, 0.6) is 5.75 Å². The summed E-state index contributed by atoms with van der Waals surface area (Å²) < 4.78 is 10.4. The van der Waals surface area contributed by atoms with Gasteiger partial charge in [0.2, 0.25) is 0 Å². The van der Waals surface area contributed by atoms with Gasteiger partial charge in [-0.2, -0.15) is 0 Å². The minimum absolute atomic E-state index is 0.0404. The number of amides is 2. The fourth-order valence-electron chi connectivity index (χ4n) is 2.05. The van der Waals surface area contributed by atoms with Crippen molar-refractivity contribution in [1.82, 2.24) is 10.6 Å². The lowest BCUT2D eigenvalue weighted by atomic mass is 10.2. The Hall–Kier alpha value is -2.87. The Morgan fingerprint density at radius 3 is 3.05 bits per heavy atom. The third kappa shape index (κ3) is 2.43. The number of nitrogens with zero attached hydrogens (tertiary/aromatic N) is 2. The lowest BCUT2D eigenvalue weighted by Crippen LogP contribution is -2.38. The second-order valence-electron chi connectivity index (χ2n) is 4.39. The second kappa shape index (κ2) is 5.25. The lowest BCUT2D eigenvalue weighted by molar-refractivity contribution is -0.121. The predicted octanol–water partition coefficient (Wildman–Crippen LogP) is 0.204. The van der Waals surface area contributed by atoms with E-state index in [1.165, 1.54) is 11.0 Å². The fourth-order valence-corrected chi connectivity index (χ4v) is 2.05. The molecule has 3 rings (SSSR count). The van der Waals surface area contributed by atoms with Crippen LogP contribution in [0, 0.1) is 0 Å². The van der Waals surface area contributed by atoms with E-state index >= 15 is 0 Å². The normalized spacial score (nSPS) is 13.6. The van der Waals surface area contributed by atoms with E-state index in [0.717, 1.165) is 0 Å². The topological polar surface area (TPSA) is 111 Å². The number of nitrogens with one attached hydrogen (secondary N) is 1. The van der Waals surface area contributed by atoms with Gasteiger partial charge in [0.15, 0.2) is 18.1 Å². The maximum atomic E-state index is 12.0. The summed E-state index contributed by atoms with van der Waals surface area (Å²) in [5.74, 6) is 5.26. The van der Waals surface area contributed by atoms with E-state index in [1.54, 1.807) is 12.1 Å². The Balaban J connectivity index is 1.86. The van der Waals surface area contributed by atoms with Crippen LogP contribution in [-0.2, 0) is 11.3 Å². The maximum Gasteiger partial charge on any atom is 0.287 e. The number of ether oxygens (including phenoxy) is 1. The first kappa shape index (κ1) is 13.1. The van der Waals surface area contributed by atoms with Crippen molar-refractivity contribution >= 4 is 17.5 Å². The van der Waals surface area contributed by atoms with Crippen LogP contribution in [-0.4, -0.2) is 23.6 Å². The third-order valence-corrected chi connectivity index (χ3v) is 3.04. The van der Waals surface area contributed by atoms with Crippen LogP contribution in [0.15, 0.2) is 34.9 Å². The van der Waals surface area contributed by atoms with Crippen molar-refractivity contribution in [3.8, 4) is 5.75 Å². The molecule has 0 saturated carbocycles. The van der Waals surface area contributed by atoms with E-state index in [4.69, 9.17) is 15.1 Å². The quantitative estimate of drug-likeness (QED) is 0.474. The number of benzene rings is 1. The lowest BCUT2D eigenvalue weighted by Gasteiger charge is -2.28. The molecule has 0 atom stereocenters. The standard InChI is InChI=1S/C13H12N4O4/c14-15-13(19)9-5-8(21-16-9)6-17-10-3-1-2-4-11(10)20-7-12(17)18/h1-5H,6-7,14H2,(H,15,19). The molecule has 0 aliphatic carbocycles. The van der Waals surface area contributed by atoms with E-state index in [-0.39, 0.29) is 24.8 Å². The van der Waals surface area contributed by atoms with Crippen molar-refractivity contribution in [1.29, 1.82) is 0 Å². The Bertz CT molecular complexity index is 697. The average Bonchev–Trinajstić information content (AvgIpc) is 2.98. The Kier molecular flexibility index (Phi) is 3.28.